The second kappa shape index (κ2) is 7.91. The molecule has 3 aromatic rings. The van der Waals surface area contributed by atoms with E-state index in [1.165, 1.54) is 0 Å². The average Bonchev–Trinajstić information content (AvgIpc) is 3.26. The van der Waals surface area contributed by atoms with Gasteiger partial charge in [0.25, 0.3) is 5.91 Å². The van der Waals surface area contributed by atoms with Crippen LogP contribution in [0.1, 0.15) is 27.7 Å². The summed E-state index contributed by atoms with van der Waals surface area (Å²) in [4.78, 5) is 15.5. The van der Waals surface area contributed by atoms with Crippen molar-refractivity contribution in [1.29, 1.82) is 0 Å². The summed E-state index contributed by atoms with van der Waals surface area (Å²) in [5, 5.41) is 0. The van der Waals surface area contributed by atoms with Crippen molar-refractivity contribution >= 4 is 5.91 Å². The molecule has 1 unspecified atom stereocenters. The smallest absolute Gasteiger partial charge is 0.258 e. The maximum atomic E-state index is 13.6. The van der Waals surface area contributed by atoms with Gasteiger partial charge in [-0.3, -0.25) is 4.79 Å². The first-order chi connectivity index (χ1) is 14.2. The minimum Gasteiger partial charge on any atom is -0.496 e. The van der Waals surface area contributed by atoms with Crippen molar-refractivity contribution in [1.82, 2.24) is 9.47 Å². The molecule has 4 rings (SSSR count). The number of carbonyl (C=O) groups excluding carboxylic acids is 1. The van der Waals surface area contributed by atoms with Crippen molar-refractivity contribution in [2.75, 3.05) is 27.9 Å². The molecule has 0 saturated carbocycles. The number of methoxy groups -OCH3 is 3. The van der Waals surface area contributed by atoms with Gasteiger partial charge in [0.05, 0.1) is 32.9 Å². The van der Waals surface area contributed by atoms with Crippen LogP contribution in [0.4, 0.5) is 0 Å². The van der Waals surface area contributed by atoms with E-state index in [-0.39, 0.29) is 11.9 Å². The van der Waals surface area contributed by atoms with Crippen LogP contribution in [0, 0.1) is 0 Å². The highest BCUT2D eigenvalue weighted by molar-refractivity contribution is 5.97. The van der Waals surface area contributed by atoms with Crippen molar-refractivity contribution in [3.63, 3.8) is 0 Å². The molecule has 0 bridgehead atoms. The topological polar surface area (TPSA) is 52.9 Å². The molecule has 1 aliphatic heterocycles. The second-order valence-electron chi connectivity index (χ2n) is 6.84. The standard InChI is InChI=1S/C23H24N2O4/c1-27-19-9-5-4-7-17(19)23(26)25-14-13-24-12-6-8-18(24)22(25)16-10-11-20(28-2)21(15-16)29-3/h4-12,15,22H,13-14H2,1-3H3. The lowest BCUT2D eigenvalue weighted by Gasteiger charge is -2.37. The van der Waals surface area contributed by atoms with Crippen LogP contribution < -0.4 is 14.2 Å². The summed E-state index contributed by atoms with van der Waals surface area (Å²) in [6.07, 6.45) is 2.05. The number of nitrogens with zero attached hydrogens (tertiary/aromatic N) is 2. The van der Waals surface area contributed by atoms with E-state index in [1.54, 1.807) is 27.4 Å². The first kappa shape index (κ1) is 18.9. The van der Waals surface area contributed by atoms with Gasteiger partial charge in [-0.15, -0.1) is 0 Å². The Morgan fingerprint density at radius 3 is 2.38 bits per heavy atom. The number of fused-ring (bicyclic) bond motifs is 1. The fourth-order valence-corrected chi connectivity index (χ4v) is 3.95. The van der Waals surface area contributed by atoms with Gasteiger partial charge in [-0.1, -0.05) is 18.2 Å². The fraction of sp³-hybridized carbons (Fsp3) is 0.261. The molecule has 1 aromatic heterocycles. The van der Waals surface area contributed by atoms with Crippen molar-refractivity contribution in [3.8, 4) is 17.2 Å². The molecule has 2 heterocycles. The molecule has 150 valence electrons. The van der Waals surface area contributed by atoms with Gasteiger partial charge < -0.3 is 23.7 Å². The molecule has 0 N–H and O–H groups in total. The van der Waals surface area contributed by atoms with Crippen LogP contribution in [-0.4, -0.2) is 43.2 Å². The minimum atomic E-state index is -0.240. The molecular formula is C23H24N2O4. The molecule has 29 heavy (non-hydrogen) atoms. The van der Waals surface area contributed by atoms with E-state index in [0.29, 0.717) is 29.4 Å². The van der Waals surface area contributed by atoms with Crippen LogP contribution in [0.5, 0.6) is 17.2 Å². The molecule has 0 aliphatic carbocycles. The van der Waals surface area contributed by atoms with Crippen LogP contribution in [0.25, 0.3) is 0 Å². The maximum absolute atomic E-state index is 13.6. The third kappa shape index (κ3) is 3.31. The number of benzene rings is 2. The predicted molar refractivity (Wildman–Crippen MR) is 110 cm³/mol. The maximum Gasteiger partial charge on any atom is 0.258 e. The van der Waals surface area contributed by atoms with E-state index in [0.717, 1.165) is 17.8 Å². The van der Waals surface area contributed by atoms with Gasteiger partial charge in [0.2, 0.25) is 0 Å². The van der Waals surface area contributed by atoms with E-state index in [9.17, 15) is 4.79 Å². The first-order valence-electron chi connectivity index (χ1n) is 9.49. The SMILES string of the molecule is COc1ccc(C2c3cccn3CCN2C(=O)c2ccccc2OC)cc1OC. The van der Waals surface area contributed by atoms with Crippen LogP contribution in [0.15, 0.2) is 60.8 Å². The fourth-order valence-electron chi connectivity index (χ4n) is 3.95. The monoisotopic (exact) mass is 392 g/mol. The van der Waals surface area contributed by atoms with Gasteiger partial charge in [0.1, 0.15) is 5.75 Å². The van der Waals surface area contributed by atoms with E-state index < -0.39 is 0 Å². The highest BCUT2D eigenvalue weighted by Crippen LogP contribution is 2.38. The minimum absolute atomic E-state index is 0.0605. The van der Waals surface area contributed by atoms with Gasteiger partial charge in [0.15, 0.2) is 11.5 Å². The van der Waals surface area contributed by atoms with Gasteiger partial charge >= 0.3 is 0 Å². The Morgan fingerprint density at radius 1 is 0.862 bits per heavy atom. The molecule has 1 atom stereocenters. The quantitative estimate of drug-likeness (QED) is 0.663. The average molecular weight is 392 g/mol. The van der Waals surface area contributed by atoms with E-state index in [4.69, 9.17) is 14.2 Å². The van der Waals surface area contributed by atoms with Crippen LogP contribution in [0.2, 0.25) is 0 Å². The molecular weight excluding hydrogens is 368 g/mol. The molecule has 0 fully saturated rings. The second-order valence-corrected chi connectivity index (χ2v) is 6.84. The Kier molecular flexibility index (Phi) is 5.16. The Balaban J connectivity index is 1.81. The molecule has 0 saturated heterocycles. The molecule has 1 aliphatic rings. The van der Waals surface area contributed by atoms with Gasteiger partial charge in [-0.05, 0) is 42.0 Å². The number of aromatic nitrogens is 1. The van der Waals surface area contributed by atoms with E-state index in [2.05, 4.69) is 10.6 Å². The lowest BCUT2D eigenvalue weighted by molar-refractivity contribution is 0.0660. The zero-order valence-electron chi connectivity index (χ0n) is 16.8. The number of hydrogen-bond donors (Lipinski definition) is 0. The Morgan fingerprint density at radius 2 is 1.62 bits per heavy atom. The summed E-state index contributed by atoms with van der Waals surface area (Å²) in [6, 6.07) is 17.0. The number of hydrogen-bond acceptors (Lipinski definition) is 4. The van der Waals surface area contributed by atoms with Crippen molar-refractivity contribution in [2.45, 2.75) is 12.6 Å². The molecule has 2 aromatic carbocycles. The summed E-state index contributed by atoms with van der Waals surface area (Å²) in [5.41, 5.74) is 2.58. The van der Waals surface area contributed by atoms with Gasteiger partial charge in [-0.25, -0.2) is 0 Å². The zero-order valence-corrected chi connectivity index (χ0v) is 16.8. The highest BCUT2D eigenvalue weighted by atomic mass is 16.5. The predicted octanol–water partition coefficient (Wildman–Crippen LogP) is 3.76. The normalized spacial score (nSPS) is 15.6. The van der Waals surface area contributed by atoms with Crippen molar-refractivity contribution in [2.24, 2.45) is 0 Å². The number of para-hydroxylation sites is 1. The van der Waals surface area contributed by atoms with E-state index in [1.807, 2.05) is 53.6 Å². The first-order valence-corrected chi connectivity index (χ1v) is 9.49. The van der Waals surface area contributed by atoms with Gasteiger partial charge in [-0.2, -0.15) is 0 Å². The van der Waals surface area contributed by atoms with E-state index >= 15 is 0 Å². The summed E-state index contributed by atoms with van der Waals surface area (Å²) in [6.45, 7) is 1.34. The summed E-state index contributed by atoms with van der Waals surface area (Å²) in [5.74, 6) is 1.81. The molecule has 6 nitrogen and oxygen atoms in total. The molecule has 0 radical (unpaired) electrons. The van der Waals surface area contributed by atoms with Crippen LogP contribution in [-0.2, 0) is 6.54 Å². The zero-order chi connectivity index (χ0) is 20.4. The van der Waals surface area contributed by atoms with Crippen LogP contribution >= 0.6 is 0 Å². The number of amides is 1. The Labute approximate surface area is 170 Å². The molecule has 1 amide bonds. The Hall–Kier alpha value is -3.41. The largest absolute Gasteiger partial charge is 0.496 e. The Bertz CT molecular complexity index is 1030. The lowest BCUT2D eigenvalue weighted by atomic mass is 9.98. The highest BCUT2D eigenvalue weighted by Gasteiger charge is 2.34. The number of carbonyl (C=O) groups is 1. The number of rotatable bonds is 5. The summed E-state index contributed by atoms with van der Waals surface area (Å²) < 4.78 is 18.5. The van der Waals surface area contributed by atoms with Crippen molar-refractivity contribution in [3.05, 3.63) is 77.6 Å². The molecule has 6 heteroatoms. The lowest BCUT2D eigenvalue weighted by Crippen LogP contribution is -2.42. The summed E-state index contributed by atoms with van der Waals surface area (Å²) >= 11 is 0. The molecule has 0 spiro atoms. The summed E-state index contributed by atoms with van der Waals surface area (Å²) in [7, 11) is 4.81. The number of ether oxygens (including phenoxy) is 3. The van der Waals surface area contributed by atoms with Crippen molar-refractivity contribution < 1.29 is 19.0 Å². The van der Waals surface area contributed by atoms with Gasteiger partial charge in [0, 0.05) is 25.0 Å². The third-order valence-corrected chi connectivity index (χ3v) is 5.36. The van der Waals surface area contributed by atoms with Crippen LogP contribution in [0.3, 0.4) is 0 Å². The third-order valence-electron chi connectivity index (χ3n) is 5.36.